The van der Waals surface area contributed by atoms with E-state index in [9.17, 15) is 30.7 Å². The van der Waals surface area contributed by atoms with Crippen LogP contribution in [0.4, 0.5) is 30.7 Å². The minimum Gasteiger partial charge on any atom is -0.429 e. The van der Waals surface area contributed by atoms with Gasteiger partial charge in [-0.1, -0.05) is 54.3 Å². The highest BCUT2D eigenvalue weighted by Crippen LogP contribution is 2.34. The summed E-state index contributed by atoms with van der Waals surface area (Å²) in [6.45, 7) is 3.69. The third-order valence-electron chi connectivity index (χ3n) is 5.72. The van der Waals surface area contributed by atoms with E-state index >= 15 is 0 Å². The van der Waals surface area contributed by atoms with Gasteiger partial charge >= 0.3 is 6.11 Å². The predicted molar refractivity (Wildman–Crippen MR) is 134 cm³/mol. The van der Waals surface area contributed by atoms with Crippen molar-refractivity contribution in [2.75, 3.05) is 0 Å². The minimum atomic E-state index is -3.93. The van der Waals surface area contributed by atoms with Gasteiger partial charge in [0, 0.05) is 17.7 Å². The van der Waals surface area contributed by atoms with E-state index in [1.54, 1.807) is 0 Å². The molecule has 0 aliphatic carbocycles. The van der Waals surface area contributed by atoms with Crippen molar-refractivity contribution in [2.45, 2.75) is 19.0 Å². The van der Waals surface area contributed by atoms with Gasteiger partial charge in [-0.15, -0.1) is 6.58 Å². The van der Waals surface area contributed by atoms with E-state index in [2.05, 4.69) is 17.2 Å². The van der Waals surface area contributed by atoms with Gasteiger partial charge in [0.25, 0.3) is 0 Å². The fourth-order valence-corrected chi connectivity index (χ4v) is 3.69. The van der Waals surface area contributed by atoms with Gasteiger partial charge in [-0.3, -0.25) is 0 Å². The second kappa shape index (κ2) is 11.5. The first-order chi connectivity index (χ1) is 18.6. The van der Waals surface area contributed by atoms with Crippen LogP contribution >= 0.6 is 0 Å². The average Bonchev–Trinajstić information content (AvgIpc) is 2.90. The summed E-state index contributed by atoms with van der Waals surface area (Å²) < 4.78 is 103. The molecule has 0 saturated heterocycles. The van der Waals surface area contributed by atoms with E-state index in [1.165, 1.54) is 12.1 Å². The molecule has 0 spiro atoms. The van der Waals surface area contributed by atoms with Crippen molar-refractivity contribution in [3.63, 3.8) is 0 Å². The number of benzene rings is 4. The highest BCUT2D eigenvalue weighted by Gasteiger charge is 2.35. The number of rotatable bonds is 7. The summed E-state index contributed by atoms with van der Waals surface area (Å²) in [4.78, 5) is 0. The Bertz CT molecular complexity index is 1520. The quantitative estimate of drug-likeness (QED) is 0.0986. The molecular formula is C31H19F7O. The van der Waals surface area contributed by atoms with Crippen LogP contribution in [-0.2, 0) is 12.5 Å². The van der Waals surface area contributed by atoms with Gasteiger partial charge in [-0.05, 0) is 53.8 Å². The molecule has 198 valence electrons. The molecule has 1 nitrogen and oxygen atoms in total. The number of aryl methyl sites for hydroxylation is 1. The zero-order valence-corrected chi connectivity index (χ0v) is 20.2. The van der Waals surface area contributed by atoms with Gasteiger partial charge in [0.15, 0.2) is 17.5 Å². The maximum Gasteiger partial charge on any atom is 0.426 e. The molecule has 0 aliphatic heterocycles. The van der Waals surface area contributed by atoms with Crippen molar-refractivity contribution < 1.29 is 35.5 Å². The van der Waals surface area contributed by atoms with Crippen LogP contribution in [0, 0.1) is 40.9 Å². The van der Waals surface area contributed by atoms with Gasteiger partial charge in [-0.25, -0.2) is 22.0 Å². The van der Waals surface area contributed by atoms with Crippen LogP contribution in [0.3, 0.4) is 0 Å². The molecule has 0 heterocycles. The summed E-state index contributed by atoms with van der Waals surface area (Å²) in [6.07, 6.45) is -0.425. The largest absolute Gasteiger partial charge is 0.429 e. The van der Waals surface area contributed by atoms with E-state index in [-0.39, 0.29) is 5.56 Å². The van der Waals surface area contributed by atoms with Crippen LogP contribution in [0.1, 0.15) is 28.7 Å². The van der Waals surface area contributed by atoms with Crippen LogP contribution in [0.5, 0.6) is 5.75 Å². The topological polar surface area (TPSA) is 9.23 Å². The molecule has 0 aromatic heterocycles. The Morgan fingerprint density at radius 1 is 0.718 bits per heavy atom. The van der Waals surface area contributed by atoms with Gasteiger partial charge in [0.05, 0.1) is 11.1 Å². The Balaban J connectivity index is 1.50. The molecule has 0 aliphatic rings. The highest BCUT2D eigenvalue weighted by molar-refractivity contribution is 5.64. The second-order valence-electron chi connectivity index (χ2n) is 8.49. The number of allylic oxidation sites excluding steroid dienone is 1. The molecule has 0 unspecified atom stereocenters. The molecule has 8 heteroatoms. The molecule has 39 heavy (non-hydrogen) atoms. The summed E-state index contributed by atoms with van der Waals surface area (Å²) in [5.41, 5.74) is 0.842. The maximum absolute atomic E-state index is 14.8. The zero-order valence-electron chi connectivity index (χ0n) is 20.2. The number of alkyl halides is 2. The van der Waals surface area contributed by atoms with E-state index in [0.29, 0.717) is 29.8 Å². The standard InChI is InChI=1S/C31H19F7O/c1-2-3-4-19-5-8-21(9-6-19)22-10-12-23(13-11-22)31(37,38)39-24-17-26(32)25(27(33)18-24)14-7-20-15-28(34)30(36)29(35)16-20/h2,5-6,8-13,15-18H,1,3-4H2. The van der Waals surface area contributed by atoms with Gasteiger partial charge < -0.3 is 4.74 Å². The molecule has 0 N–H and O–H groups in total. The normalized spacial score (nSPS) is 11.1. The van der Waals surface area contributed by atoms with Crippen LogP contribution in [0.15, 0.2) is 85.5 Å². The lowest BCUT2D eigenvalue weighted by atomic mass is 10.0. The van der Waals surface area contributed by atoms with Crippen LogP contribution in [0.2, 0.25) is 0 Å². The average molecular weight is 540 g/mol. The lowest BCUT2D eigenvalue weighted by Crippen LogP contribution is -2.22. The van der Waals surface area contributed by atoms with Crippen molar-refractivity contribution >= 4 is 0 Å². The van der Waals surface area contributed by atoms with Gasteiger partial charge in [0.1, 0.15) is 17.4 Å². The summed E-state index contributed by atoms with van der Waals surface area (Å²) in [6, 6.07) is 15.0. The Morgan fingerprint density at radius 2 is 1.26 bits per heavy atom. The zero-order chi connectivity index (χ0) is 28.2. The molecule has 0 atom stereocenters. The summed E-state index contributed by atoms with van der Waals surface area (Å²) in [7, 11) is 0. The van der Waals surface area contributed by atoms with Crippen molar-refractivity contribution in [1.82, 2.24) is 0 Å². The molecule has 4 aromatic rings. The first kappa shape index (κ1) is 27.5. The third-order valence-corrected chi connectivity index (χ3v) is 5.72. The first-order valence-corrected chi connectivity index (χ1v) is 11.6. The molecule has 0 fully saturated rings. The van der Waals surface area contributed by atoms with E-state index in [0.717, 1.165) is 36.1 Å². The van der Waals surface area contributed by atoms with Gasteiger partial charge in [0.2, 0.25) is 0 Å². The SMILES string of the molecule is C=CCCc1ccc(-c2ccc(C(F)(F)Oc3cc(F)c(C#Cc4cc(F)c(F)c(F)c4)c(F)c3)cc2)cc1. The van der Waals surface area contributed by atoms with E-state index < -0.39 is 52.1 Å². The lowest BCUT2D eigenvalue weighted by Gasteiger charge is -2.19. The van der Waals surface area contributed by atoms with Gasteiger partial charge in [-0.2, -0.15) is 8.78 Å². The smallest absolute Gasteiger partial charge is 0.426 e. The van der Waals surface area contributed by atoms with Crippen molar-refractivity contribution in [2.24, 2.45) is 0 Å². The van der Waals surface area contributed by atoms with Crippen molar-refractivity contribution in [3.8, 4) is 28.7 Å². The molecule has 0 saturated carbocycles. The van der Waals surface area contributed by atoms with Crippen LogP contribution < -0.4 is 4.74 Å². The molecule has 4 rings (SSSR count). The lowest BCUT2D eigenvalue weighted by molar-refractivity contribution is -0.185. The summed E-state index contributed by atoms with van der Waals surface area (Å²) >= 11 is 0. The number of hydrogen-bond donors (Lipinski definition) is 0. The Labute approximate surface area is 220 Å². The Kier molecular flexibility index (Phi) is 8.10. The fraction of sp³-hybridized carbons (Fsp3) is 0.0968. The maximum atomic E-state index is 14.8. The fourth-order valence-electron chi connectivity index (χ4n) is 3.69. The molecule has 0 amide bonds. The van der Waals surface area contributed by atoms with E-state index in [4.69, 9.17) is 0 Å². The molecular weight excluding hydrogens is 521 g/mol. The number of hydrogen-bond acceptors (Lipinski definition) is 1. The Hall–Kier alpha value is -4.51. The van der Waals surface area contributed by atoms with E-state index in [1.807, 2.05) is 36.3 Å². The van der Waals surface area contributed by atoms with Crippen LogP contribution in [0.25, 0.3) is 11.1 Å². The molecule has 4 aromatic carbocycles. The highest BCUT2D eigenvalue weighted by atomic mass is 19.3. The first-order valence-electron chi connectivity index (χ1n) is 11.6. The monoisotopic (exact) mass is 540 g/mol. The minimum absolute atomic E-state index is 0.385. The molecule has 0 radical (unpaired) electrons. The Morgan fingerprint density at radius 3 is 1.79 bits per heavy atom. The van der Waals surface area contributed by atoms with Crippen molar-refractivity contribution in [1.29, 1.82) is 0 Å². The number of ether oxygens (including phenoxy) is 1. The second-order valence-corrected chi connectivity index (χ2v) is 8.49. The summed E-state index contributed by atoms with van der Waals surface area (Å²) in [5, 5.41) is 0. The summed E-state index contributed by atoms with van der Waals surface area (Å²) in [5.74, 6) is -4.15. The van der Waals surface area contributed by atoms with Crippen LogP contribution in [-0.4, -0.2) is 0 Å². The predicted octanol–water partition coefficient (Wildman–Crippen LogP) is 8.70. The number of halogens is 7. The molecule has 0 bridgehead atoms. The van der Waals surface area contributed by atoms with Crippen molar-refractivity contribution in [3.05, 3.63) is 137 Å². The third kappa shape index (κ3) is 6.50.